The number of hydrogen-bond acceptors (Lipinski definition) is 2. The predicted molar refractivity (Wildman–Crippen MR) is 107 cm³/mol. The minimum absolute atomic E-state index is 0. The summed E-state index contributed by atoms with van der Waals surface area (Å²) in [4.78, 5) is 6.55. The van der Waals surface area contributed by atoms with Gasteiger partial charge in [0.1, 0.15) is 0 Å². The molecule has 0 unspecified atom stereocenters. The summed E-state index contributed by atoms with van der Waals surface area (Å²) in [6.45, 7) is 8.20. The molecule has 0 spiro atoms. The normalized spacial score (nSPS) is 11.2. The lowest BCUT2D eigenvalue weighted by Gasteiger charge is -2.15. The molecule has 0 amide bonds. The third-order valence-electron chi connectivity index (χ3n) is 3.49. The summed E-state index contributed by atoms with van der Waals surface area (Å²) in [7, 11) is 3.96. The SMILES string of the molecule is CCCCNC(=NC)NCc1cccc(CN(C)CC)c1.I. The van der Waals surface area contributed by atoms with Gasteiger partial charge in [-0.25, -0.2) is 0 Å². The van der Waals surface area contributed by atoms with Crippen LogP contribution in [0.5, 0.6) is 0 Å². The molecule has 0 saturated heterocycles. The van der Waals surface area contributed by atoms with Gasteiger partial charge in [0.2, 0.25) is 0 Å². The second-order valence-electron chi connectivity index (χ2n) is 5.36. The van der Waals surface area contributed by atoms with Crippen molar-refractivity contribution in [1.82, 2.24) is 15.5 Å². The summed E-state index contributed by atoms with van der Waals surface area (Å²) in [5, 5.41) is 6.69. The van der Waals surface area contributed by atoms with E-state index >= 15 is 0 Å². The van der Waals surface area contributed by atoms with Gasteiger partial charge in [-0.15, -0.1) is 24.0 Å². The first-order valence-corrected chi connectivity index (χ1v) is 7.90. The summed E-state index contributed by atoms with van der Waals surface area (Å²) in [5.41, 5.74) is 2.64. The van der Waals surface area contributed by atoms with Crippen molar-refractivity contribution in [3.05, 3.63) is 35.4 Å². The Kier molecular flexibility index (Phi) is 12.2. The maximum Gasteiger partial charge on any atom is 0.191 e. The summed E-state index contributed by atoms with van der Waals surface area (Å²) < 4.78 is 0. The number of rotatable bonds is 8. The number of halogens is 1. The maximum atomic E-state index is 4.25. The van der Waals surface area contributed by atoms with E-state index in [0.717, 1.165) is 32.1 Å². The summed E-state index contributed by atoms with van der Waals surface area (Å²) >= 11 is 0. The van der Waals surface area contributed by atoms with Gasteiger partial charge < -0.3 is 15.5 Å². The zero-order chi connectivity index (χ0) is 15.5. The van der Waals surface area contributed by atoms with Gasteiger partial charge in [-0.05, 0) is 31.1 Å². The van der Waals surface area contributed by atoms with Crippen molar-refractivity contribution in [2.75, 3.05) is 27.2 Å². The number of nitrogens with one attached hydrogen (secondary N) is 2. The van der Waals surface area contributed by atoms with Crippen LogP contribution in [-0.2, 0) is 13.1 Å². The molecule has 126 valence electrons. The molecule has 0 aromatic heterocycles. The third-order valence-corrected chi connectivity index (χ3v) is 3.49. The van der Waals surface area contributed by atoms with Crippen molar-refractivity contribution in [1.29, 1.82) is 0 Å². The molecule has 0 atom stereocenters. The number of benzene rings is 1. The molecule has 0 aliphatic carbocycles. The Morgan fingerprint density at radius 3 is 2.55 bits per heavy atom. The lowest BCUT2D eigenvalue weighted by molar-refractivity contribution is 0.345. The first kappa shape index (κ1) is 21.2. The van der Waals surface area contributed by atoms with E-state index in [1.54, 1.807) is 0 Å². The molecule has 0 saturated carbocycles. The van der Waals surface area contributed by atoms with E-state index in [0.29, 0.717) is 0 Å². The molecule has 5 heteroatoms. The van der Waals surface area contributed by atoms with Crippen molar-refractivity contribution in [2.24, 2.45) is 4.99 Å². The largest absolute Gasteiger partial charge is 0.356 e. The number of aliphatic imine (C=N–C) groups is 1. The van der Waals surface area contributed by atoms with Crippen LogP contribution < -0.4 is 10.6 Å². The lowest BCUT2D eigenvalue weighted by Crippen LogP contribution is -2.37. The number of hydrogen-bond donors (Lipinski definition) is 2. The Morgan fingerprint density at radius 2 is 1.91 bits per heavy atom. The van der Waals surface area contributed by atoms with Crippen LogP contribution in [0.15, 0.2) is 29.3 Å². The third kappa shape index (κ3) is 8.58. The first-order chi connectivity index (χ1) is 10.2. The Bertz CT molecular complexity index is 434. The fraction of sp³-hybridized carbons (Fsp3) is 0.588. The average molecular weight is 418 g/mol. The highest BCUT2D eigenvalue weighted by molar-refractivity contribution is 14.0. The molecule has 0 bridgehead atoms. The highest BCUT2D eigenvalue weighted by atomic mass is 127. The Labute approximate surface area is 152 Å². The smallest absolute Gasteiger partial charge is 0.191 e. The van der Waals surface area contributed by atoms with Gasteiger partial charge >= 0.3 is 0 Å². The van der Waals surface area contributed by atoms with Crippen LogP contribution in [0.25, 0.3) is 0 Å². The molecule has 1 aromatic rings. The van der Waals surface area contributed by atoms with Crippen molar-refractivity contribution >= 4 is 29.9 Å². The molecular formula is C17H31IN4. The van der Waals surface area contributed by atoms with Crippen LogP contribution in [0.2, 0.25) is 0 Å². The van der Waals surface area contributed by atoms with Crippen molar-refractivity contribution in [2.45, 2.75) is 39.8 Å². The van der Waals surface area contributed by atoms with Crippen LogP contribution in [0.4, 0.5) is 0 Å². The second-order valence-corrected chi connectivity index (χ2v) is 5.36. The molecule has 1 rings (SSSR count). The van der Waals surface area contributed by atoms with Crippen LogP contribution >= 0.6 is 24.0 Å². The van der Waals surface area contributed by atoms with E-state index in [1.807, 2.05) is 7.05 Å². The summed E-state index contributed by atoms with van der Waals surface area (Å²) in [6, 6.07) is 8.73. The molecule has 4 nitrogen and oxygen atoms in total. The number of unbranched alkanes of at least 4 members (excludes halogenated alkanes) is 1. The van der Waals surface area contributed by atoms with Gasteiger partial charge in [0.25, 0.3) is 0 Å². The van der Waals surface area contributed by atoms with Crippen LogP contribution in [0, 0.1) is 0 Å². The van der Waals surface area contributed by atoms with Crippen LogP contribution in [0.3, 0.4) is 0 Å². The molecule has 0 aliphatic rings. The zero-order valence-electron chi connectivity index (χ0n) is 14.4. The second kappa shape index (κ2) is 12.7. The highest BCUT2D eigenvalue weighted by Gasteiger charge is 2.01. The zero-order valence-corrected chi connectivity index (χ0v) is 16.7. The van der Waals surface area contributed by atoms with E-state index in [1.165, 1.54) is 24.0 Å². The topological polar surface area (TPSA) is 39.7 Å². The van der Waals surface area contributed by atoms with Gasteiger partial charge in [-0.2, -0.15) is 0 Å². The fourth-order valence-electron chi connectivity index (χ4n) is 2.05. The minimum atomic E-state index is 0. The van der Waals surface area contributed by atoms with E-state index < -0.39 is 0 Å². The van der Waals surface area contributed by atoms with Gasteiger partial charge in [-0.1, -0.05) is 44.5 Å². The van der Waals surface area contributed by atoms with Gasteiger partial charge in [-0.3, -0.25) is 4.99 Å². The van der Waals surface area contributed by atoms with E-state index in [4.69, 9.17) is 0 Å². The van der Waals surface area contributed by atoms with E-state index in [9.17, 15) is 0 Å². The average Bonchev–Trinajstić information content (AvgIpc) is 2.51. The molecule has 0 fully saturated rings. The fourth-order valence-corrected chi connectivity index (χ4v) is 2.05. The number of nitrogens with zero attached hydrogens (tertiary/aromatic N) is 2. The molecule has 0 heterocycles. The van der Waals surface area contributed by atoms with E-state index in [2.05, 4.69) is 65.7 Å². The standard InChI is InChI=1S/C17H30N4.HI/c1-5-7-11-19-17(18-3)20-13-15-9-8-10-16(12-15)14-21(4)6-2;/h8-10,12H,5-7,11,13-14H2,1-4H3,(H2,18,19,20);1H. The van der Waals surface area contributed by atoms with Crippen molar-refractivity contribution in [3.63, 3.8) is 0 Å². The van der Waals surface area contributed by atoms with Crippen LogP contribution in [-0.4, -0.2) is 38.0 Å². The molecule has 22 heavy (non-hydrogen) atoms. The maximum absolute atomic E-state index is 4.25. The Balaban J connectivity index is 0.00000441. The molecule has 0 aliphatic heterocycles. The summed E-state index contributed by atoms with van der Waals surface area (Å²) in [6.07, 6.45) is 2.36. The van der Waals surface area contributed by atoms with Gasteiger partial charge in [0.05, 0.1) is 0 Å². The molecule has 2 N–H and O–H groups in total. The van der Waals surface area contributed by atoms with Gasteiger partial charge in [0.15, 0.2) is 5.96 Å². The predicted octanol–water partition coefficient (Wildman–Crippen LogP) is 3.22. The van der Waals surface area contributed by atoms with Crippen LogP contribution in [0.1, 0.15) is 37.8 Å². The monoisotopic (exact) mass is 418 g/mol. The highest BCUT2D eigenvalue weighted by Crippen LogP contribution is 2.07. The quantitative estimate of drug-likeness (QED) is 0.295. The Morgan fingerprint density at radius 1 is 1.18 bits per heavy atom. The molecule has 0 radical (unpaired) electrons. The molecule has 1 aromatic carbocycles. The van der Waals surface area contributed by atoms with E-state index in [-0.39, 0.29) is 24.0 Å². The van der Waals surface area contributed by atoms with Crippen molar-refractivity contribution < 1.29 is 0 Å². The number of guanidine groups is 1. The minimum Gasteiger partial charge on any atom is -0.356 e. The Hall–Kier alpha value is -0.820. The summed E-state index contributed by atoms with van der Waals surface area (Å²) in [5.74, 6) is 0.875. The van der Waals surface area contributed by atoms with Crippen molar-refractivity contribution in [3.8, 4) is 0 Å². The molecular weight excluding hydrogens is 387 g/mol. The van der Waals surface area contributed by atoms with Gasteiger partial charge in [0, 0.05) is 26.7 Å². The first-order valence-electron chi connectivity index (χ1n) is 7.90. The lowest BCUT2D eigenvalue weighted by atomic mass is 10.1.